The average Bonchev–Trinajstić information content (AvgIpc) is 3.41. The summed E-state index contributed by atoms with van der Waals surface area (Å²) in [4.78, 5) is 40.1. The van der Waals surface area contributed by atoms with Crippen LogP contribution in [0.4, 0.5) is 0 Å². The Morgan fingerprint density at radius 1 is 0.443 bits per heavy atom. The molecular formula is C69H129N2O7P. The van der Waals surface area contributed by atoms with Gasteiger partial charge in [0.2, 0.25) is 5.91 Å². The number of hydrogen-bond donors (Lipinski definition) is 1. The first kappa shape index (κ1) is 76.7. The van der Waals surface area contributed by atoms with Crippen molar-refractivity contribution < 1.29 is 37.3 Å². The molecule has 1 N–H and O–H groups in total. The van der Waals surface area contributed by atoms with Gasteiger partial charge in [0.1, 0.15) is 19.3 Å². The summed E-state index contributed by atoms with van der Waals surface area (Å²) in [5.74, 6) is -0.537. The number of rotatable bonds is 61. The van der Waals surface area contributed by atoms with Crippen LogP contribution in [0.3, 0.4) is 0 Å². The number of nitrogens with one attached hydrogen (secondary N) is 1. The van der Waals surface area contributed by atoms with E-state index in [0.717, 1.165) is 70.6 Å². The third kappa shape index (κ3) is 60.1. The normalized spacial score (nSPS) is 14.0. The van der Waals surface area contributed by atoms with Gasteiger partial charge in [0.15, 0.2) is 0 Å². The molecule has 0 rings (SSSR count). The smallest absolute Gasteiger partial charge is 0.306 e. The Labute approximate surface area is 490 Å². The van der Waals surface area contributed by atoms with Crippen LogP contribution < -0.4 is 10.2 Å². The molecule has 9 nitrogen and oxygen atoms in total. The molecule has 0 heterocycles. The van der Waals surface area contributed by atoms with E-state index >= 15 is 0 Å². The third-order valence-corrected chi connectivity index (χ3v) is 15.9. The Kier molecular flexibility index (Phi) is 57.2. The Morgan fingerprint density at radius 2 is 0.772 bits per heavy atom. The summed E-state index contributed by atoms with van der Waals surface area (Å²) < 4.78 is 30.4. The van der Waals surface area contributed by atoms with E-state index in [1.807, 2.05) is 33.3 Å². The number of likely N-dealkylation sites (N-methyl/N-ethyl adjacent to an activating group) is 1. The van der Waals surface area contributed by atoms with Crippen LogP contribution >= 0.6 is 7.82 Å². The van der Waals surface area contributed by atoms with E-state index in [-0.39, 0.29) is 31.5 Å². The maximum atomic E-state index is 13.6. The highest BCUT2D eigenvalue weighted by Crippen LogP contribution is 2.38. The monoisotopic (exact) mass is 1130 g/mol. The molecule has 3 unspecified atom stereocenters. The lowest BCUT2D eigenvalue weighted by atomic mass is 10.0. The summed E-state index contributed by atoms with van der Waals surface area (Å²) >= 11 is 0. The number of quaternary nitrogens is 1. The summed E-state index contributed by atoms with van der Waals surface area (Å²) in [5, 5.41) is 3.04. The fourth-order valence-corrected chi connectivity index (χ4v) is 10.4. The molecule has 0 bridgehead atoms. The summed E-state index contributed by atoms with van der Waals surface area (Å²) in [7, 11) is 1.19. The topological polar surface area (TPSA) is 114 Å². The first-order valence-electron chi connectivity index (χ1n) is 33.6. The molecule has 0 aliphatic heterocycles. The van der Waals surface area contributed by atoms with Crippen LogP contribution in [0.15, 0.2) is 60.8 Å². The van der Waals surface area contributed by atoms with Gasteiger partial charge < -0.3 is 28.5 Å². The van der Waals surface area contributed by atoms with Gasteiger partial charge in [-0.1, -0.05) is 268 Å². The van der Waals surface area contributed by atoms with E-state index in [4.69, 9.17) is 13.8 Å². The zero-order valence-corrected chi connectivity index (χ0v) is 53.7. The molecule has 79 heavy (non-hydrogen) atoms. The zero-order chi connectivity index (χ0) is 57.9. The molecule has 462 valence electrons. The lowest BCUT2D eigenvalue weighted by molar-refractivity contribution is -0.870. The summed E-state index contributed by atoms with van der Waals surface area (Å²) in [6.07, 6.45) is 74.7. The number of phosphoric acid groups is 1. The Bertz CT molecular complexity index is 1540. The number of phosphoric ester groups is 1. The highest BCUT2D eigenvalue weighted by Gasteiger charge is 2.27. The van der Waals surface area contributed by atoms with Gasteiger partial charge in [-0.05, 0) is 96.0 Å². The number of hydrogen-bond acceptors (Lipinski definition) is 7. The molecule has 0 radical (unpaired) electrons. The second-order valence-electron chi connectivity index (χ2n) is 24.0. The average molecular weight is 1130 g/mol. The van der Waals surface area contributed by atoms with Gasteiger partial charge in [-0.25, -0.2) is 0 Å². The van der Waals surface area contributed by atoms with Crippen molar-refractivity contribution in [2.75, 3.05) is 40.9 Å². The van der Waals surface area contributed by atoms with Crippen LogP contribution in [0.5, 0.6) is 0 Å². The Morgan fingerprint density at radius 3 is 1.16 bits per heavy atom. The Balaban J connectivity index is 5.10. The highest BCUT2D eigenvalue weighted by atomic mass is 31.2. The summed E-state index contributed by atoms with van der Waals surface area (Å²) in [6.45, 7) is 6.82. The highest BCUT2D eigenvalue weighted by molar-refractivity contribution is 7.45. The lowest BCUT2D eigenvalue weighted by Gasteiger charge is -2.30. The van der Waals surface area contributed by atoms with Crippen molar-refractivity contribution in [1.29, 1.82) is 0 Å². The molecule has 0 spiro atoms. The molecule has 0 aliphatic carbocycles. The van der Waals surface area contributed by atoms with Crippen molar-refractivity contribution in [3.63, 3.8) is 0 Å². The number of carbonyl (C=O) groups excluding carboxylic acids is 2. The first-order chi connectivity index (χ1) is 38.4. The van der Waals surface area contributed by atoms with Crippen LogP contribution in [-0.2, 0) is 27.9 Å². The van der Waals surface area contributed by atoms with E-state index in [1.54, 1.807) is 0 Å². The largest absolute Gasteiger partial charge is 0.756 e. The molecule has 0 fully saturated rings. The van der Waals surface area contributed by atoms with E-state index in [1.165, 1.54) is 212 Å². The van der Waals surface area contributed by atoms with Crippen molar-refractivity contribution >= 4 is 19.7 Å². The first-order valence-corrected chi connectivity index (χ1v) is 35.1. The van der Waals surface area contributed by atoms with Gasteiger partial charge in [-0.3, -0.25) is 14.2 Å². The molecule has 3 atom stereocenters. The second kappa shape index (κ2) is 58.9. The minimum atomic E-state index is -4.70. The number of amides is 1. The second-order valence-corrected chi connectivity index (χ2v) is 25.4. The van der Waals surface area contributed by atoms with Gasteiger partial charge in [-0.2, -0.15) is 0 Å². The number of carbonyl (C=O) groups is 2. The summed E-state index contributed by atoms with van der Waals surface area (Å²) in [6, 6.07) is -0.891. The minimum absolute atomic E-state index is 0.0233. The van der Waals surface area contributed by atoms with E-state index in [2.05, 4.69) is 74.7 Å². The maximum absolute atomic E-state index is 13.6. The number of nitrogens with zero attached hydrogens (tertiary/aromatic N) is 1. The molecule has 0 aromatic rings. The van der Waals surface area contributed by atoms with Crippen LogP contribution in [0.2, 0.25) is 0 Å². The van der Waals surface area contributed by atoms with E-state index in [9.17, 15) is 19.0 Å². The molecule has 0 aliphatic rings. The standard InChI is InChI=1S/C69H129N2O7P/c1-7-10-13-16-19-22-25-27-29-31-33-35-37-39-41-43-46-49-52-55-58-61-68(72)70-66(65-77-79(74,75)76-64-63-71(4,5)6)67(60-57-54-51-48-45-24-21-18-15-12-9-3)78-69(73)62-59-56-53-50-47-44-42-40-38-36-34-32-30-28-26-23-20-17-14-11-8-2/h19-20,22-23,27-30,57,60,66-67H,7-18,21,24-26,31-56,58-59,61-65H2,1-6H3,(H-,70,72,74,75)/b22-19-,23-20-,29-27-,30-28-,60-57+. The van der Waals surface area contributed by atoms with Crippen LogP contribution in [0.1, 0.15) is 316 Å². The van der Waals surface area contributed by atoms with Gasteiger partial charge in [0.05, 0.1) is 33.8 Å². The van der Waals surface area contributed by atoms with Crippen molar-refractivity contribution in [2.24, 2.45) is 0 Å². The van der Waals surface area contributed by atoms with E-state index < -0.39 is 20.0 Å². The fraction of sp³-hybridized carbons (Fsp3) is 0.826. The minimum Gasteiger partial charge on any atom is -0.756 e. The molecule has 0 aromatic heterocycles. The SMILES string of the molecule is CCCCC/C=C\C/C=C\CCCCCCCCCCCCCC(=O)NC(COP(=O)([O-])OCC[N+](C)(C)C)C(/C=C/CCCCCCCCCCC)OC(=O)CCCCCCCCCCCCC/C=C\C/C=C\CCCCC. The molecule has 10 heteroatoms. The predicted octanol–water partition coefficient (Wildman–Crippen LogP) is 20.4. The molecule has 0 saturated carbocycles. The van der Waals surface area contributed by atoms with Gasteiger partial charge in [0.25, 0.3) is 7.82 Å². The molecule has 0 saturated heterocycles. The van der Waals surface area contributed by atoms with Crippen molar-refractivity contribution in [2.45, 2.75) is 328 Å². The number of unbranched alkanes of at least 4 members (excludes halogenated alkanes) is 37. The predicted molar refractivity (Wildman–Crippen MR) is 339 cm³/mol. The number of esters is 1. The molecule has 0 aromatic carbocycles. The van der Waals surface area contributed by atoms with Crippen LogP contribution in [-0.4, -0.2) is 69.4 Å². The van der Waals surface area contributed by atoms with Gasteiger partial charge in [-0.15, -0.1) is 0 Å². The van der Waals surface area contributed by atoms with Crippen molar-refractivity contribution in [3.05, 3.63) is 60.8 Å². The van der Waals surface area contributed by atoms with Crippen molar-refractivity contribution in [1.82, 2.24) is 5.32 Å². The number of ether oxygens (including phenoxy) is 1. The third-order valence-electron chi connectivity index (χ3n) is 14.9. The summed E-state index contributed by atoms with van der Waals surface area (Å²) in [5.41, 5.74) is 0. The lowest BCUT2D eigenvalue weighted by Crippen LogP contribution is -2.47. The van der Waals surface area contributed by atoms with Crippen LogP contribution in [0.25, 0.3) is 0 Å². The molecular weight excluding hydrogens is 1000 g/mol. The van der Waals surface area contributed by atoms with Gasteiger partial charge in [0, 0.05) is 12.8 Å². The number of allylic oxidation sites excluding steroid dienone is 9. The quantitative estimate of drug-likeness (QED) is 0.0212. The zero-order valence-electron chi connectivity index (χ0n) is 52.8. The van der Waals surface area contributed by atoms with Crippen molar-refractivity contribution in [3.8, 4) is 0 Å². The van der Waals surface area contributed by atoms with Crippen LogP contribution in [0, 0.1) is 0 Å². The van der Waals surface area contributed by atoms with Gasteiger partial charge >= 0.3 is 5.97 Å². The molecule has 1 amide bonds. The Hall–Kier alpha value is -2.29. The van der Waals surface area contributed by atoms with E-state index in [0.29, 0.717) is 17.4 Å². The maximum Gasteiger partial charge on any atom is 0.306 e. The fourth-order valence-electron chi connectivity index (χ4n) is 9.70.